The van der Waals surface area contributed by atoms with Crippen LogP contribution in [0.4, 0.5) is 5.69 Å². The van der Waals surface area contributed by atoms with Gasteiger partial charge in [-0.15, -0.1) is 0 Å². The lowest BCUT2D eigenvalue weighted by molar-refractivity contribution is -0.130. The Bertz CT molecular complexity index is 669. The highest BCUT2D eigenvalue weighted by Crippen LogP contribution is 2.21. The zero-order chi connectivity index (χ0) is 15.5. The number of fused-ring (bicyclic) bond motifs is 1. The predicted octanol–water partition coefficient (Wildman–Crippen LogP) is 2.34. The minimum absolute atomic E-state index is 0.0489. The molecule has 0 bridgehead atoms. The van der Waals surface area contributed by atoms with Crippen molar-refractivity contribution in [1.29, 1.82) is 0 Å². The second-order valence-corrected chi connectivity index (χ2v) is 5.86. The summed E-state index contributed by atoms with van der Waals surface area (Å²) in [4.78, 5) is 27.9. The van der Waals surface area contributed by atoms with Gasteiger partial charge in [0, 0.05) is 17.0 Å². The van der Waals surface area contributed by atoms with Crippen molar-refractivity contribution in [3.63, 3.8) is 0 Å². The molecule has 0 fully saturated rings. The number of aromatic nitrogens is 1. The Morgan fingerprint density at radius 2 is 1.90 bits per heavy atom. The van der Waals surface area contributed by atoms with Gasteiger partial charge >= 0.3 is 0 Å². The molecule has 1 aromatic heterocycles. The smallest absolute Gasteiger partial charge is 0.243 e. The van der Waals surface area contributed by atoms with E-state index in [1.165, 1.54) is 0 Å². The molecule has 1 heterocycles. The summed E-state index contributed by atoms with van der Waals surface area (Å²) < 4.78 is 0. The van der Waals surface area contributed by atoms with Gasteiger partial charge in [0.1, 0.15) is 0 Å². The summed E-state index contributed by atoms with van der Waals surface area (Å²) in [5, 5.41) is 6.29. The second kappa shape index (κ2) is 5.91. The minimum atomic E-state index is -0.510. The average molecular weight is 285 g/mol. The maximum absolute atomic E-state index is 11.9. The molecule has 0 radical (unpaired) electrons. The molecule has 1 aromatic carbocycles. The lowest BCUT2D eigenvalue weighted by atomic mass is 9.96. The number of benzene rings is 1. The Labute approximate surface area is 123 Å². The van der Waals surface area contributed by atoms with Crippen molar-refractivity contribution in [3.05, 3.63) is 36.5 Å². The molecule has 0 spiro atoms. The molecule has 0 atom stereocenters. The normalized spacial score (nSPS) is 11.2. The molecule has 2 aromatic rings. The molecule has 5 heteroatoms. The van der Waals surface area contributed by atoms with Gasteiger partial charge in [-0.2, -0.15) is 0 Å². The predicted molar refractivity (Wildman–Crippen MR) is 82.8 cm³/mol. The van der Waals surface area contributed by atoms with Crippen LogP contribution in [0.25, 0.3) is 10.9 Å². The topological polar surface area (TPSA) is 71.1 Å². The number of hydrogen-bond acceptors (Lipinski definition) is 3. The van der Waals surface area contributed by atoms with Gasteiger partial charge in [-0.3, -0.25) is 14.6 Å². The van der Waals surface area contributed by atoms with Crippen molar-refractivity contribution in [2.24, 2.45) is 5.41 Å². The van der Waals surface area contributed by atoms with Gasteiger partial charge in [0.2, 0.25) is 11.8 Å². The molecule has 0 saturated heterocycles. The summed E-state index contributed by atoms with van der Waals surface area (Å²) in [5.41, 5.74) is 0.994. The van der Waals surface area contributed by atoms with Crippen LogP contribution < -0.4 is 10.6 Å². The van der Waals surface area contributed by atoms with E-state index in [-0.39, 0.29) is 18.4 Å². The third kappa shape index (κ3) is 3.78. The van der Waals surface area contributed by atoms with Crippen LogP contribution in [0.2, 0.25) is 0 Å². The monoisotopic (exact) mass is 285 g/mol. The molecule has 0 aliphatic heterocycles. The van der Waals surface area contributed by atoms with Crippen LogP contribution in [0.1, 0.15) is 20.8 Å². The van der Waals surface area contributed by atoms with Gasteiger partial charge in [0.25, 0.3) is 0 Å². The first kappa shape index (κ1) is 15.0. The number of hydrogen-bond donors (Lipinski definition) is 2. The van der Waals surface area contributed by atoms with Gasteiger partial charge < -0.3 is 10.6 Å². The molecule has 2 amide bonds. The zero-order valence-electron chi connectivity index (χ0n) is 12.4. The molecule has 0 unspecified atom stereocenters. The van der Waals surface area contributed by atoms with Crippen molar-refractivity contribution in [2.45, 2.75) is 20.8 Å². The average Bonchev–Trinajstić information content (AvgIpc) is 2.44. The van der Waals surface area contributed by atoms with Crippen LogP contribution in [0.15, 0.2) is 36.5 Å². The number of pyridine rings is 1. The summed E-state index contributed by atoms with van der Waals surface area (Å²) in [6, 6.07) is 9.24. The fourth-order valence-electron chi connectivity index (χ4n) is 1.83. The maximum atomic E-state index is 11.9. The van der Waals surface area contributed by atoms with Crippen molar-refractivity contribution in [1.82, 2.24) is 10.3 Å². The Hall–Kier alpha value is -2.43. The molecule has 2 N–H and O–H groups in total. The van der Waals surface area contributed by atoms with Gasteiger partial charge in [-0.25, -0.2) is 0 Å². The van der Waals surface area contributed by atoms with Gasteiger partial charge in [0.05, 0.1) is 17.7 Å². The molecule has 5 nitrogen and oxygen atoms in total. The van der Waals surface area contributed by atoms with E-state index in [4.69, 9.17) is 0 Å². The SMILES string of the molecule is CC(C)(C)C(=O)NCC(=O)Nc1cccc2ncccc12. The first-order valence-corrected chi connectivity index (χ1v) is 6.80. The van der Waals surface area contributed by atoms with E-state index in [2.05, 4.69) is 15.6 Å². The third-order valence-corrected chi connectivity index (χ3v) is 3.01. The highest BCUT2D eigenvalue weighted by molar-refractivity contribution is 6.02. The lowest BCUT2D eigenvalue weighted by Gasteiger charge is -2.17. The first-order chi connectivity index (χ1) is 9.88. The summed E-state index contributed by atoms with van der Waals surface area (Å²) in [7, 11) is 0. The summed E-state index contributed by atoms with van der Waals surface area (Å²) >= 11 is 0. The van der Waals surface area contributed by atoms with Crippen LogP contribution in [0.5, 0.6) is 0 Å². The number of rotatable bonds is 3. The highest BCUT2D eigenvalue weighted by atomic mass is 16.2. The van der Waals surface area contributed by atoms with Crippen LogP contribution in [0.3, 0.4) is 0 Å². The maximum Gasteiger partial charge on any atom is 0.243 e. The molecule has 0 aliphatic rings. The number of amides is 2. The van der Waals surface area contributed by atoms with Crippen LogP contribution >= 0.6 is 0 Å². The number of carbonyl (C=O) groups is 2. The Morgan fingerprint density at radius 3 is 2.62 bits per heavy atom. The standard InChI is InChI=1S/C16H19N3O2/c1-16(2,3)15(21)18-10-14(20)19-13-8-4-7-12-11(13)6-5-9-17-12/h4-9H,10H2,1-3H3,(H,18,21)(H,19,20). The fraction of sp³-hybridized carbons (Fsp3) is 0.312. The van der Waals surface area contributed by atoms with E-state index in [0.29, 0.717) is 5.69 Å². The number of nitrogens with zero attached hydrogens (tertiary/aromatic N) is 1. The van der Waals surface area contributed by atoms with Crippen LogP contribution in [-0.2, 0) is 9.59 Å². The molecule has 110 valence electrons. The Kier molecular flexibility index (Phi) is 4.21. The van der Waals surface area contributed by atoms with E-state index in [1.54, 1.807) is 27.0 Å². The Morgan fingerprint density at radius 1 is 1.14 bits per heavy atom. The van der Waals surface area contributed by atoms with Crippen molar-refractivity contribution < 1.29 is 9.59 Å². The van der Waals surface area contributed by atoms with E-state index in [9.17, 15) is 9.59 Å². The van der Waals surface area contributed by atoms with E-state index >= 15 is 0 Å². The van der Waals surface area contributed by atoms with E-state index in [1.807, 2.05) is 30.3 Å². The van der Waals surface area contributed by atoms with E-state index in [0.717, 1.165) is 10.9 Å². The van der Waals surface area contributed by atoms with Crippen molar-refractivity contribution in [2.75, 3.05) is 11.9 Å². The second-order valence-electron chi connectivity index (χ2n) is 5.86. The van der Waals surface area contributed by atoms with Gasteiger partial charge in [-0.05, 0) is 24.3 Å². The number of nitrogens with one attached hydrogen (secondary N) is 2. The quantitative estimate of drug-likeness (QED) is 0.909. The van der Waals surface area contributed by atoms with Crippen molar-refractivity contribution >= 4 is 28.4 Å². The molecule has 0 saturated carbocycles. The van der Waals surface area contributed by atoms with E-state index < -0.39 is 5.41 Å². The summed E-state index contributed by atoms with van der Waals surface area (Å²) in [6.07, 6.45) is 1.71. The van der Waals surface area contributed by atoms with Crippen LogP contribution in [0, 0.1) is 5.41 Å². The molecule has 0 aliphatic carbocycles. The number of anilines is 1. The fourth-order valence-corrected chi connectivity index (χ4v) is 1.83. The molecule has 2 rings (SSSR count). The van der Waals surface area contributed by atoms with Crippen molar-refractivity contribution in [3.8, 4) is 0 Å². The summed E-state index contributed by atoms with van der Waals surface area (Å²) in [5.74, 6) is -0.416. The lowest BCUT2D eigenvalue weighted by Crippen LogP contribution is -2.39. The Balaban J connectivity index is 2.04. The van der Waals surface area contributed by atoms with Crippen LogP contribution in [-0.4, -0.2) is 23.3 Å². The molecular weight excluding hydrogens is 266 g/mol. The largest absolute Gasteiger partial charge is 0.347 e. The first-order valence-electron chi connectivity index (χ1n) is 6.80. The van der Waals surface area contributed by atoms with Gasteiger partial charge in [-0.1, -0.05) is 26.8 Å². The number of carbonyl (C=O) groups excluding carboxylic acids is 2. The zero-order valence-corrected chi connectivity index (χ0v) is 12.4. The van der Waals surface area contributed by atoms with Gasteiger partial charge in [0.15, 0.2) is 0 Å². The molecular formula is C16H19N3O2. The summed E-state index contributed by atoms with van der Waals surface area (Å²) in [6.45, 7) is 5.36. The minimum Gasteiger partial charge on any atom is -0.347 e. The molecule has 21 heavy (non-hydrogen) atoms. The third-order valence-electron chi connectivity index (χ3n) is 3.01. The highest BCUT2D eigenvalue weighted by Gasteiger charge is 2.21.